The summed E-state index contributed by atoms with van der Waals surface area (Å²) in [6, 6.07) is 13.7. The largest absolute Gasteiger partial charge is 0.494 e. The maximum absolute atomic E-state index is 13.3. The van der Waals surface area contributed by atoms with Crippen molar-refractivity contribution in [1.29, 1.82) is 0 Å². The van der Waals surface area contributed by atoms with E-state index in [2.05, 4.69) is 24.5 Å². The van der Waals surface area contributed by atoms with Crippen molar-refractivity contribution in [2.24, 2.45) is 5.92 Å². The Morgan fingerprint density at radius 1 is 0.946 bits per heavy atom. The number of amides is 2. The van der Waals surface area contributed by atoms with E-state index in [1.54, 1.807) is 48.5 Å². The summed E-state index contributed by atoms with van der Waals surface area (Å²) >= 11 is 0. The summed E-state index contributed by atoms with van der Waals surface area (Å²) < 4.78 is 7.89. The number of carbonyl (C=O) groups is 2. The fourth-order valence-corrected chi connectivity index (χ4v) is 4.01. The molecule has 0 bridgehead atoms. The topological polar surface area (TPSA) is 111 Å². The quantitative estimate of drug-likeness (QED) is 0.343. The number of anilines is 1. The van der Waals surface area contributed by atoms with E-state index in [4.69, 9.17) is 4.74 Å². The molecule has 1 aromatic heterocycles. The summed E-state index contributed by atoms with van der Waals surface area (Å²) in [6.45, 7) is 7.21. The van der Waals surface area contributed by atoms with E-state index < -0.39 is 11.2 Å². The van der Waals surface area contributed by atoms with E-state index in [0.29, 0.717) is 60.7 Å². The fraction of sp³-hybridized carbons (Fsp3) is 0.429. The van der Waals surface area contributed by atoms with Crippen LogP contribution in [0.2, 0.25) is 0 Å². The highest BCUT2D eigenvalue weighted by Gasteiger charge is 2.15. The third-order valence-electron chi connectivity index (χ3n) is 5.96. The van der Waals surface area contributed by atoms with Crippen molar-refractivity contribution in [2.75, 3.05) is 18.5 Å². The monoisotopic (exact) mass is 508 g/mol. The van der Waals surface area contributed by atoms with Crippen LogP contribution in [0.5, 0.6) is 5.75 Å². The summed E-state index contributed by atoms with van der Waals surface area (Å²) in [6.07, 6.45) is 2.29. The average Bonchev–Trinajstić information content (AvgIpc) is 2.87. The molecule has 0 aliphatic carbocycles. The molecule has 0 saturated carbocycles. The Hall–Kier alpha value is -3.88. The Morgan fingerprint density at radius 3 is 2.38 bits per heavy atom. The standard InChI is InChI=1S/C28H36N4O5/c1-4-37-22-14-12-21(13-15-22)30-26(34)19-32-24-10-6-5-9-23(24)27(35)31(28(32)36)18-8-7-11-25(33)29-17-16-20(2)3/h5-6,9-10,12-15,20H,4,7-8,11,16-19H2,1-3H3,(H,29,33)(H,30,34). The fourth-order valence-electron chi connectivity index (χ4n) is 4.01. The maximum atomic E-state index is 13.3. The lowest BCUT2D eigenvalue weighted by atomic mass is 10.1. The van der Waals surface area contributed by atoms with Gasteiger partial charge in [-0.15, -0.1) is 0 Å². The van der Waals surface area contributed by atoms with Crippen molar-refractivity contribution in [3.8, 4) is 5.75 Å². The predicted molar refractivity (Wildman–Crippen MR) is 145 cm³/mol. The average molecular weight is 509 g/mol. The zero-order valence-electron chi connectivity index (χ0n) is 21.8. The number of nitrogens with zero attached hydrogens (tertiary/aromatic N) is 2. The number of hydrogen-bond acceptors (Lipinski definition) is 5. The van der Waals surface area contributed by atoms with Gasteiger partial charge in [0.1, 0.15) is 12.3 Å². The van der Waals surface area contributed by atoms with Crippen LogP contribution in [0.4, 0.5) is 5.69 Å². The molecule has 0 saturated heterocycles. The molecule has 9 nitrogen and oxygen atoms in total. The van der Waals surface area contributed by atoms with Crippen molar-refractivity contribution < 1.29 is 14.3 Å². The number of ether oxygens (including phenoxy) is 1. The van der Waals surface area contributed by atoms with Crippen LogP contribution in [0.15, 0.2) is 58.1 Å². The van der Waals surface area contributed by atoms with Crippen molar-refractivity contribution >= 4 is 28.4 Å². The van der Waals surface area contributed by atoms with Crippen LogP contribution < -0.4 is 26.6 Å². The maximum Gasteiger partial charge on any atom is 0.331 e. The van der Waals surface area contributed by atoms with Crippen molar-refractivity contribution in [3.05, 3.63) is 69.4 Å². The molecule has 0 aliphatic rings. The van der Waals surface area contributed by atoms with Gasteiger partial charge in [0, 0.05) is 25.2 Å². The molecule has 2 N–H and O–H groups in total. The first kappa shape index (κ1) is 27.7. The minimum Gasteiger partial charge on any atom is -0.494 e. The van der Waals surface area contributed by atoms with Crippen LogP contribution in [-0.4, -0.2) is 34.1 Å². The van der Waals surface area contributed by atoms with Gasteiger partial charge in [-0.1, -0.05) is 26.0 Å². The van der Waals surface area contributed by atoms with E-state index in [1.807, 2.05) is 6.92 Å². The van der Waals surface area contributed by atoms with E-state index >= 15 is 0 Å². The van der Waals surface area contributed by atoms with Crippen LogP contribution >= 0.6 is 0 Å². The second-order valence-electron chi connectivity index (χ2n) is 9.34. The Morgan fingerprint density at radius 2 is 1.68 bits per heavy atom. The SMILES string of the molecule is CCOc1ccc(NC(=O)Cn2c(=O)n(CCCCC(=O)NCCC(C)C)c(=O)c3ccccc32)cc1. The Bertz CT molecular complexity index is 1330. The molecule has 0 unspecified atom stereocenters. The highest BCUT2D eigenvalue weighted by atomic mass is 16.5. The number of para-hydroxylation sites is 1. The highest BCUT2D eigenvalue weighted by molar-refractivity contribution is 5.91. The molecule has 3 rings (SSSR count). The summed E-state index contributed by atoms with van der Waals surface area (Å²) in [7, 11) is 0. The first-order valence-corrected chi connectivity index (χ1v) is 12.8. The smallest absolute Gasteiger partial charge is 0.331 e. The number of nitrogens with one attached hydrogen (secondary N) is 2. The van der Waals surface area contributed by atoms with E-state index in [-0.39, 0.29) is 24.9 Å². The van der Waals surface area contributed by atoms with Gasteiger partial charge in [0.2, 0.25) is 11.8 Å². The third-order valence-corrected chi connectivity index (χ3v) is 5.96. The molecule has 0 radical (unpaired) electrons. The predicted octanol–water partition coefficient (Wildman–Crippen LogP) is 3.53. The molecule has 9 heteroatoms. The molecule has 0 aliphatic heterocycles. The normalized spacial score (nSPS) is 11.0. The van der Waals surface area contributed by atoms with Crippen molar-refractivity contribution in [3.63, 3.8) is 0 Å². The summed E-state index contributed by atoms with van der Waals surface area (Å²) in [5, 5.41) is 6.05. The molecule has 2 amide bonds. The first-order valence-electron chi connectivity index (χ1n) is 12.8. The molecule has 198 valence electrons. The van der Waals surface area contributed by atoms with Crippen LogP contribution in [0, 0.1) is 5.92 Å². The molecule has 0 fully saturated rings. The second-order valence-corrected chi connectivity index (χ2v) is 9.34. The minimum absolute atomic E-state index is 0.0325. The highest BCUT2D eigenvalue weighted by Crippen LogP contribution is 2.16. The van der Waals surface area contributed by atoms with Gasteiger partial charge >= 0.3 is 5.69 Å². The molecule has 37 heavy (non-hydrogen) atoms. The van der Waals surface area contributed by atoms with Crippen LogP contribution in [0.3, 0.4) is 0 Å². The number of benzene rings is 2. The summed E-state index contributed by atoms with van der Waals surface area (Å²) in [5.41, 5.74) is 0.0306. The number of fused-ring (bicyclic) bond motifs is 1. The van der Waals surface area contributed by atoms with E-state index in [0.717, 1.165) is 11.0 Å². The van der Waals surface area contributed by atoms with Gasteiger partial charge in [0.25, 0.3) is 5.56 Å². The second kappa shape index (κ2) is 13.4. The molecular formula is C28H36N4O5. The number of aromatic nitrogens is 2. The number of carbonyl (C=O) groups excluding carboxylic acids is 2. The van der Waals surface area contributed by atoms with Crippen LogP contribution in [0.1, 0.15) is 46.5 Å². The number of unbranched alkanes of at least 4 members (excludes halogenated alkanes) is 1. The Kier molecular flexibility index (Phi) is 10.1. The van der Waals surface area contributed by atoms with Gasteiger partial charge < -0.3 is 15.4 Å². The van der Waals surface area contributed by atoms with E-state index in [1.165, 1.54) is 4.57 Å². The number of hydrogen-bond donors (Lipinski definition) is 2. The minimum atomic E-state index is -0.549. The molecule has 0 spiro atoms. The lowest BCUT2D eigenvalue weighted by molar-refractivity contribution is -0.121. The Balaban J connectivity index is 1.71. The zero-order valence-corrected chi connectivity index (χ0v) is 21.8. The summed E-state index contributed by atoms with van der Waals surface area (Å²) in [4.78, 5) is 51.2. The molecular weight excluding hydrogens is 472 g/mol. The van der Waals surface area contributed by atoms with Crippen LogP contribution in [0.25, 0.3) is 10.9 Å². The molecule has 3 aromatic rings. The molecule has 1 heterocycles. The molecule has 2 aromatic carbocycles. The van der Waals surface area contributed by atoms with Gasteiger partial charge in [0.15, 0.2) is 0 Å². The zero-order chi connectivity index (χ0) is 26.8. The Labute approximate surface area is 216 Å². The van der Waals surface area contributed by atoms with Gasteiger partial charge in [0.05, 0.1) is 17.5 Å². The summed E-state index contributed by atoms with van der Waals surface area (Å²) in [5.74, 6) is 0.794. The number of rotatable bonds is 13. The lowest BCUT2D eigenvalue weighted by Crippen LogP contribution is -2.41. The van der Waals surface area contributed by atoms with Crippen molar-refractivity contribution in [1.82, 2.24) is 14.5 Å². The van der Waals surface area contributed by atoms with Crippen LogP contribution in [-0.2, 0) is 22.7 Å². The van der Waals surface area contributed by atoms with Crippen molar-refractivity contribution in [2.45, 2.75) is 59.5 Å². The van der Waals surface area contributed by atoms with E-state index in [9.17, 15) is 19.2 Å². The molecule has 0 atom stereocenters. The lowest BCUT2D eigenvalue weighted by Gasteiger charge is -2.14. The first-order chi connectivity index (χ1) is 17.8. The van der Waals surface area contributed by atoms with Gasteiger partial charge in [-0.05, 0) is 68.5 Å². The van der Waals surface area contributed by atoms with Gasteiger partial charge in [-0.25, -0.2) is 4.79 Å². The third kappa shape index (κ3) is 7.80. The van der Waals surface area contributed by atoms with Gasteiger partial charge in [-0.3, -0.25) is 23.5 Å². The van der Waals surface area contributed by atoms with Gasteiger partial charge in [-0.2, -0.15) is 0 Å².